The van der Waals surface area contributed by atoms with Gasteiger partial charge in [-0.05, 0) is 29.0 Å². The molecule has 13 heavy (non-hydrogen) atoms. The van der Waals surface area contributed by atoms with Crippen LogP contribution in [0.25, 0.3) is 10.9 Å². The molecule has 0 spiro atoms. The molecule has 2 rings (SSSR count). The largest absolute Gasteiger partial charge is 0.258 e. The Hall–Kier alpha value is 0.0700. The van der Waals surface area contributed by atoms with Crippen LogP contribution >= 0.6 is 40.0 Å². The minimum absolute atomic E-state index is 0.578. The molecule has 0 radical (unpaired) electrons. The summed E-state index contributed by atoms with van der Waals surface area (Å²) in [5.41, 5.74) is 2.02. The second-order valence-corrected chi connectivity index (χ2v) is 5.04. The molecule has 6 heteroatoms. The summed E-state index contributed by atoms with van der Waals surface area (Å²) in [4.78, 5) is 4.20. The molecule has 0 aromatic carbocycles. The van der Waals surface area contributed by atoms with E-state index in [1.54, 1.807) is 12.4 Å². The average molecular weight is 325 g/mol. The van der Waals surface area contributed by atoms with Gasteiger partial charge in [0.25, 0.3) is 0 Å². The highest BCUT2D eigenvalue weighted by atomic mass is 127. The quantitative estimate of drug-likeness (QED) is 0.595. The third kappa shape index (κ3) is 1.55. The zero-order valence-corrected chi connectivity index (χ0v) is 10.7. The number of hydrogen-bond donors (Lipinski definition) is 0. The van der Waals surface area contributed by atoms with Crippen molar-refractivity contribution in [2.24, 2.45) is 0 Å². The Labute approximate surface area is 95.2 Å². The minimum Gasteiger partial charge on any atom is -0.258 e. The molecule has 0 bridgehead atoms. The van der Waals surface area contributed by atoms with Crippen LogP contribution in [0.2, 0.25) is 5.02 Å². The summed E-state index contributed by atoms with van der Waals surface area (Å²) in [6.07, 6.45) is 4.04. The number of pyridine rings is 1. The van der Waals surface area contributed by atoms with E-state index in [1.165, 1.54) is 0 Å². The van der Waals surface area contributed by atoms with E-state index in [9.17, 15) is 0 Å². The molecule has 2 aromatic rings. The molecule has 2 aromatic heterocycles. The predicted octanol–water partition coefficient (Wildman–Crippen LogP) is 3.18. The first-order valence-corrected chi connectivity index (χ1v) is 8.03. The number of aromatic nitrogens is 3. The fourth-order valence-corrected chi connectivity index (χ4v) is 2.97. The number of fused-ring (bicyclic) bond motifs is 1. The average Bonchev–Trinajstić information content (AvgIpc) is 2.56. The van der Waals surface area contributed by atoms with Crippen LogP contribution in [0.1, 0.15) is 5.69 Å². The summed E-state index contributed by atoms with van der Waals surface area (Å²) >= 11 is 8.27. The molecule has 0 aliphatic heterocycles. The normalized spacial score (nSPS) is 11.9. The summed E-state index contributed by atoms with van der Waals surface area (Å²) in [6.45, 7) is 1.97. The molecular weight excluding hydrogens is 319 g/mol. The second-order valence-electron chi connectivity index (χ2n) is 2.59. The highest BCUT2D eigenvalue weighted by Gasteiger charge is 2.08. The lowest BCUT2D eigenvalue weighted by Crippen LogP contribution is -1.88. The maximum Gasteiger partial charge on any atom is 0.0956 e. The number of halogens is 2. The van der Waals surface area contributed by atoms with Crippen LogP contribution in [0.4, 0.5) is 0 Å². The maximum absolute atomic E-state index is 5.98. The highest BCUT2D eigenvalue weighted by Crippen LogP contribution is 2.32. The van der Waals surface area contributed by atoms with Crippen molar-refractivity contribution in [3.05, 3.63) is 23.1 Å². The van der Waals surface area contributed by atoms with Crippen LogP contribution in [-0.2, 0) is 0 Å². The Morgan fingerprint density at radius 2 is 2.31 bits per heavy atom. The van der Waals surface area contributed by atoms with Crippen LogP contribution in [0.15, 0.2) is 12.4 Å². The van der Waals surface area contributed by atoms with Crippen LogP contribution in [0, 0.1) is 6.92 Å². The summed E-state index contributed by atoms with van der Waals surface area (Å²) in [5.74, 6) is 0. The molecule has 68 valence electrons. The van der Waals surface area contributed by atoms with E-state index in [4.69, 9.17) is 11.6 Å². The van der Waals surface area contributed by atoms with Crippen molar-refractivity contribution in [1.82, 2.24) is 14.5 Å². The molecule has 2 heterocycles. The predicted molar refractivity (Wildman–Crippen MR) is 65.0 cm³/mol. The minimum atomic E-state index is 0.578. The molecule has 0 saturated heterocycles. The van der Waals surface area contributed by atoms with Gasteiger partial charge in [0.1, 0.15) is 0 Å². The van der Waals surface area contributed by atoms with Gasteiger partial charge in [-0.1, -0.05) is 11.6 Å². The maximum atomic E-state index is 5.98. The third-order valence-corrected chi connectivity index (χ3v) is 3.99. The fraction of sp³-hybridized carbons (Fsp3) is 0.143. The van der Waals surface area contributed by atoms with Crippen molar-refractivity contribution in [2.75, 3.05) is 0 Å². The van der Waals surface area contributed by atoms with Gasteiger partial charge < -0.3 is 0 Å². The van der Waals surface area contributed by atoms with Crippen molar-refractivity contribution in [1.29, 1.82) is 0 Å². The van der Waals surface area contributed by atoms with Gasteiger partial charge >= 0.3 is 0 Å². The first-order valence-electron chi connectivity index (χ1n) is 3.59. The van der Waals surface area contributed by atoms with E-state index in [0.717, 1.165) is 16.6 Å². The third-order valence-electron chi connectivity index (χ3n) is 1.82. The number of rotatable bonds is 1. The lowest BCUT2D eigenvalue weighted by molar-refractivity contribution is 1.03. The molecule has 1 unspecified atom stereocenters. The van der Waals surface area contributed by atoms with Crippen molar-refractivity contribution >= 4 is 50.9 Å². The number of hydrogen-bond acceptors (Lipinski definition) is 2. The Morgan fingerprint density at radius 1 is 1.54 bits per heavy atom. The molecule has 0 saturated carbocycles. The van der Waals surface area contributed by atoms with Crippen molar-refractivity contribution in [2.45, 2.75) is 6.92 Å². The lowest BCUT2D eigenvalue weighted by Gasteiger charge is -2.00. The van der Waals surface area contributed by atoms with Crippen molar-refractivity contribution in [3.63, 3.8) is 0 Å². The van der Waals surface area contributed by atoms with Gasteiger partial charge in [0, 0.05) is 11.6 Å². The van der Waals surface area contributed by atoms with E-state index in [1.807, 2.05) is 11.4 Å². The monoisotopic (exact) mass is 325 g/mol. The topological polar surface area (TPSA) is 30.7 Å². The van der Waals surface area contributed by atoms with Gasteiger partial charge in [-0.2, -0.15) is 5.10 Å². The molecular formula is C7H6ClIN3P. The second kappa shape index (κ2) is 3.67. The summed E-state index contributed by atoms with van der Waals surface area (Å²) in [7, 11) is 0. The van der Waals surface area contributed by atoms with Gasteiger partial charge in [0.05, 0.1) is 28.8 Å². The Kier molecular flexibility index (Phi) is 2.72. The van der Waals surface area contributed by atoms with Gasteiger partial charge in [0.15, 0.2) is 0 Å². The molecule has 0 amide bonds. The molecule has 0 aliphatic carbocycles. The van der Waals surface area contributed by atoms with Crippen LogP contribution < -0.4 is 0 Å². The molecule has 0 N–H and O–H groups in total. The number of nitrogens with zero attached hydrogens (tertiary/aromatic N) is 3. The van der Waals surface area contributed by atoms with Crippen LogP contribution in [0.5, 0.6) is 0 Å². The standard InChI is InChI=1S/C7H6ClIN3P/c1-4-7-5(6(8)3-10-4)2-11-12(7)13-9/h2-3,13H,1H3. The van der Waals surface area contributed by atoms with E-state index in [2.05, 4.69) is 32.1 Å². The fourth-order valence-electron chi connectivity index (χ4n) is 1.22. The van der Waals surface area contributed by atoms with Gasteiger partial charge in [-0.15, -0.1) is 0 Å². The summed E-state index contributed by atoms with van der Waals surface area (Å²) in [5, 5.41) is 5.89. The molecule has 0 aliphatic rings. The SMILES string of the molecule is Cc1ncc(Cl)c2cnn(PI)c12. The summed E-state index contributed by atoms with van der Waals surface area (Å²) < 4.78 is 1.92. The zero-order valence-electron chi connectivity index (χ0n) is 6.75. The Bertz CT molecular complexity index is 456. The van der Waals surface area contributed by atoms with Gasteiger partial charge in [0.2, 0.25) is 0 Å². The number of aryl methyl sites for hydroxylation is 1. The first-order chi connectivity index (χ1) is 6.24. The van der Waals surface area contributed by atoms with Crippen molar-refractivity contribution in [3.8, 4) is 0 Å². The zero-order chi connectivity index (χ0) is 9.42. The first kappa shape index (κ1) is 9.62. The van der Waals surface area contributed by atoms with Crippen LogP contribution in [0.3, 0.4) is 0 Å². The van der Waals surface area contributed by atoms with Gasteiger partial charge in [-0.3, -0.25) is 4.98 Å². The lowest BCUT2D eigenvalue weighted by atomic mass is 10.3. The summed E-state index contributed by atoms with van der Waals surface area (Å²) in [6, 6.07) is 0. The van der Waals surface area contributed by atoms with E-state index >= 15 is 0 Å². The Balaban J connectivity index is 2.87. The molecule has 1 atom stereocenters. The van der Waals surface area contributed by atoms with E-state index < -0.39 is 0 Å². The van der Waals surface area contributed by atoms with E-state index in [0.29, 0.717) is 11.4 Å². The Morgan fingerprint density at radius 3 is 3.00 bits per heavy atom. The highest BCUT2D eigenvalue weighted by molar-refractivity contribution is 14.2. The van der Waals surface area contributed by atoms with Gasteiger partial charge in [-0.25, -0.2) is 4.45 Å². The van der Waals surface area contributed by atoms with E-state index in [-0.39, 0.29) is 0 Å². The van der Waals surface area contributed by atoms with Crippen LogP contribution in [-0.4, -0.2) is 14.5 Å². The molecule has 0 fully saturated rings. The smallest absolute Gasteiger partial charge is 0.0956 e. The van der Waals surface area contributed by atoms with Crippen molar-refractivity contribution < 1.29 is 0 Å². The molecule has 3 nitrogen and oxygen atoms in total.